The number of hydrogen-bond acceptors (Lipinski definition) is 7. The Morgan fingerprint density at radius 3 is 2.06 bits per heavy atom. The zero-order valence-electron chi connectivity index (χ0n) is 29.1. The number of carbonyl (C=O) groups is 5. The smallest absolute Gasteiger partial charge is 0.346 e. The van der Waals surface area contributed by atoms with Crippen LogP contribution in [0.2, 0.25) is 0 Å². The van der Waals surface area contributed by atoms with Crippen molar-refractivity contribution in [3.63, 3.8) is 0 Å². The normalized spacial score (nSPS) is 21.6. The topological polar surface area (TPSA) is 174 Å². The molecule has 0 bridgehead atoms. The molecule has 2 saturated heterocycles. The molecule has 0 aromatic carbocycles. The van der Waals surface area contributed by atoms with Gasteiger partial charge in [0.1, 0.15) is 12.1 Å². The molecule has 2 aliphatic heterocycles. The second kappa shape index (κ2) is 16.5. The van der Waals surface area contributed by atoms with Crippen LogP contribution in [-0.4, -0.2) is 109 Å². The number of sulfonamides is 1. The van der Waals surface area contributed by atoms with E-state index in [4.69, 9.17) is 0 Å². The second-order valence-electron chi connectivity index (χ2n) is 14.6. The van der Waals surface area contributed by atoms with Crippen LogP contribution in [0.25, 0.3) is 0 Å². The molecule has 2 rings (SSSR count). The lowest BCUT2D eigenvalue weighted by molar-refractivity contribution is -0.147. The van der Waals surface area contributed by atoms with E-state index in [1.807, 2.05) is 20.8 Å². The third kappa shape index (κ3) is 11.8. The monoisotopic (exact) mass is 720 g/mol. The van der Waals surface area contributed by atoms with Gasteiger partial charge >= 0.3 is 12.2 Å². The van der Waals surface area contributed by atoms with Gasteiger partial charge in [-0.15, -0.1) is 13.2 Å². The van der Waals surface area contributed by atoms with Crippen molar-refractivity contribution in [2.45, 2.75) is 97.6 Å². The van der Waals surface area contributed by atoms with E-state index in [-0.39, 0.29) is 31.8 Å². The van der Waals surface area contributed by atoms with Gasteiger partial charge in [0, 0.05) is 44.6 Å². The number of halogens is 3. The van der Waals surface area contributed by atoms with Crippen molar-refractivity contribution in [1.29, 1.82) is 0 Å². The Labute approximate surface area is 286 Å². The minimum absolute atomic E-state index is 0.0205. The molecule has 5 amide bonds. The molecule has 13 nitrogen and oxygen atoms in total. The Kier molecular flexibility index (Phi) is 14.0. The number of nitrogens with zero attached hydrogens (tertiary/aromatic N) is 2. The minimum atomic E-state index is -4.68. The number of nitrogens with one attached hydrogen (secondary N) is 4. The molecule has 1 unspecified atom stereocenters. The van der Waals surface area contributed by atoms with Crippen LogP contribution in [0.5, 0.6) is 0 Å². The number of urea groups is 1. The lowest BCUT2D eigenvalue weighted by Gasteiger charge is -2.38. The first-order chi connectivity index (χ1) is 22.4. The van der Waals surface area contributed by atoms with Crippen LogP contribution in [0.1, 0.15) is 67.2 Å². The molecule has 49 heavy (non-hydrogen) atoms. The summed E-state index contributed by atoms with van der Waals surface area (Å²) in [6.45, 7) is 18.0. The van der Waals surface area contributed by atoms with Gasteiger partial charge in [0.25, 0.3) is 5.91 Å². The van der Waals surface area contributed by atoms with E-state index in [1.54, 1.807) is 20.8 Å². The summed E-state index contributed by atoms with van der Waals surface area (Å²) in [6, 6.07) is -5.73. The van der Waals surface area contributed by atoms with Crippen molar-refractivity contribution < 1.29 is 45.6 Å². The number of ketones is 1. The molecule has 0 aliphatic carbocycles. The minimum Gasteiger partial charge on any atom is -0.346 e. The van der Waals surface area contributed by atoms with E-state index in [1.165, 1.54) is 21.4 Å². The SMILES string of the molecule is C=CCNC(=O)C(=O)C(CCC(F)(F)F)NC(=O)[C@@H]1[C@@H](C=C)CCN1C(=O)[C@@H](NC(=O)N[C@H](CN1CCCS1(=O)=O)C(C)(C)C)C(C)(C)C. The quantitative estimate of drug-likeness (QED) is 0.157. The second-order valence-corrected chi connectivity index (χ2v) is 16.7. The lowest BCUT2D eigenvalue weighted by Crippen LogP contribution is -2.62. The first-order valence-corrected chi connectivity index (χ1v) is 17.8. The molecule has 0 aromatic rings. The van der Waals surface area contributed by atoms with Gasteiger partial charge < -0.3 is 26.2 Å². The van der Waals surface area contributed by atoms with Crippen LogP contribution in [0.4, 0.5) is 18.0 Å². The van der Waals surface area contributed by atoms with Crippen LogP contribution in [0, 0.1) is 16.7 Å². The lowest BCUT2D eigenvalue weighted by atomic mass is 9.85. The van der Waals surface area contributed by atoms with Crippen LogP contribution in [0.3, 0.4) is 0 Å². The van der Waals surface area contributed by atoms with Crippen molar-refractivity contribution in [1.82, 2.24) is 30.5 Å². The maximum Gasteiger partial charge on any atom is 0.389 e. The average Bonchev–Trinajstić information content (AvgIpc) is 3.56. The molecule has 0 aromatic heterocycles. The van der Waals surface area contributed by atoms with Gasteiger partial charge in [0.05, 0.1) is 11.8 Å². The number of amides is 5. The fraction of sp³-hybridized carbons (Fsp3) is 0.719. The molecule has 0 saturated carbocycles. The van der Waals surface area contributed by atoms with Crippen molar-refractivity contribution in [3.8, 4) is 0 Å². The molecule has 4 N–H and O–H groups in total. The van der Waals surface area contributed by atoms with Crippen molar-refractivity contribution in [2.24, 2.45) is 16.7 Å². The Hall–Kier alpha value is -3.47. The van der Waals surface area contributed by atoms with Gasteiger partial charge in [-0.2, -0.15) is 17.5 Å². The number of rotatable bonds is 14. The van der Waals surface area contributed by atoms with Gasteiger partial charge in [0.15, 0.2) is 0 Å². The number of alkyl halides is 3. The fourth-order valence-corrected chi connectivity index (χ4v) is 7.21. The standard InChI is InChI=1S/C32H51F3N6O7S/c1-9-15-36-27(44)24(42)21(12-14-32(33,34)35)37-26(43)23-20(10-2)13-17-41(23)28(45)25(31(6,7)8)39-29(46)38-22(30(3,4)5)19-40-16-11-18-49(40,47)48/h9-10,20-23,25H,1-2,11-19H2,3-8H3,(H,36,44)(H,37,43)(H2,38,39,46)/t20-,21?,22+,23-,25+/m0/s1. The van der Waals surface area contributed by atoms with Gasteiger partial charge in [-0.3, -0.25) is 19.2 Å². The summed E-state index contributed by atoms with van der Waals surface area (Å²) in [4.78, 5) is 67.6. The van der Waals surface area contributed by atoms with Gasteiger partial charge in [0.2, 0.25) is 27.6 Å². The van der Waals surface area contributed by atoms with Gasteiger partial charge in [-0.25, -0.2) is 13.2 Å². The van der Waals surface area contributed by atoms with E-state index in [0.717, 1.165) is 0 Å². The highest BCUT2D eigenvalue weighted by atomic mass is 32.2. The first-order valence-electron chi connectivity index (χ1n) is 16.2. The maximum atomic E-state index is 14.1. The van der Waals surface area contributed by atoms with E-state index in [2.05, 4.69) is 34.4 Å². The van der Waals surface area contributed by atoms with Crippen molar-refractivity contribution in [3.05, 3.63) is 25.3 Å². The highest BCUT2D eigenvalue weighted by Gasteiger charge is 2.47. The van der Waals surface area contributed by atoms with Crippen LogP contribution in [-0.2, 0) is 29.2 Å². The molecular formula is C32H51F3N6O7S. The summed E-state index contributed by atoms with van der Waals surface area (Å²) in [5.41, 5.74) is -1.49. The number of hydrogen-bond donors (Lipinski definition) is 4. The Bertz CT molecular complexity index is 1370. The van der Waals surface area contributed by atoms with E-state index >= 15 is 0 Å². The zero-order valence-corrected chi connectivity index (χ0v) is 29.9. The summed E-state index contributed by atoms with van der Waals surface area (Å²) in [6.07, 6.45) is -3.62. The highest BCUT2D eigenvalue weighted by Crippen LogP contribution is 2.31. The van der Waals surface area contributed by atoms with Crippen molar-refractivity contribution in [2.75, 3.05) is 31.9 Å². The van der Waals surface area contributed by atoms with Crippen LogP contribution in [0.15, 0.2) is 25.3 Å². The Morgan fingerprint density at radius 2 is 1.57 bits per heavy atom. The summed E-state index contributed by atoms with van der Waals surface area (Å²) < 4.78 is 65.6. The zero-order chi connectivity index (χ0) is 37.5. The maximum absolute atomic E-state index is 14.1. The van der Waals surface area contributed by atoms with Crippen LogP contribution >= 0.6 is 0 Å². The fourth-order valence-electron chi connectivity index (χ4n) is 5.67. The average molecular weight is 721 g/mol. The largest absolute Gasteiger partial charge is 0.389 e. The predicted molar refractivity (Wildman–Crippen MR) is 177 cm³/mol. The third-order valence-electron chi connectivity index (χ3n) is 8.61. The van der Waals surface area contributed by atoms with Gasteiger partial charge in [-0.05, 0) is 30.1 Å². The third-order valence-corrected chi connectivity index (χ3v) is 10.5. The molecule has 0 radical (unpaired) electrons. The molecule has 0 spiro atoms. The highest BCUT2D eigenvalue weighted by molar-refractivity contribution is 7.89. The number of carbonyl (C=O) groups excluding carboxylic acids is 5. The molecule has 2 fully saturated rings. The molecule has 278 valence electrons. The van der Waals surface area contributed by atoms with Crippen molar-refractivity contribution >= 4 is 39.6 Å². The Morgan fingerprint density at radius 1 is 0.939 bits per heavy atom. The van der Waals surface area contributed by atoms with E-state index in [9.17, 15) is 45.6 Å². The molecule has 17 heteroatoms. The molecule has 2 heterocycles. The van der Waals surface area contributed by atoms with E-state index in [0.29, 0.717) is 13.0 Å². The molecule has 2 aliphatic rings. The number of likely N-dealkylation sites (tertiary alicyclic amines) is 1. The Balaban J connectivity index is 2.33. The number of Topliss-reactive ketones (excluding diaryl/α,β-unsaturated/α-hetero) is 1. The van der Waals surface area contributed by atoms with Crippen LogP contribution < -0.4 is 21.3 Å². The predicted octanol–water partition coefficient (Wildman–Crippen LogP) is 2.25. The summed E-state index contributed by atoms with van der Waals surface area (Å²) in [5, 5.41) is 9.98. The summed E-state index contributed by atoms with van der Waals surface area (Å²) in [5.74, 6) is -4.74. The van der Waals surface area contributed by atoms with E-state index < -0.39 is 99.5 Å². The first kappa shape index (κ1) is 41.7. The summed E-state index contributed by atoms with van der Waals surface area (Å²) >= 11 is 0. The molecular weight excluding hydrogens is 669 g/mol. The molecule has 5 atom stereocenters. The summed E-state index contributed by atoms with van der Waals surface area (Å²) in [7, 11) is -3.45. The van der Waals surface area contributed by atoms with Gasteiger partial charge in [-0.1, -0.05) is 53.7 Å².